The van der Waals surface area contributed by atoms with Crippen molar-refractivity contribution in [2.75, 3.05) is 19.7 Å². The average Bonchev–Trinajstić information content (AvgIpc) is 3.08. The van der Waals surface area contributed by atoms with Crippen LogP contribution in [-0.4, -0.2) is 30.6 Å². The van der Waals surface area contributed by atoms with Gasteiger partial charge in [0.25, 0.3) is 0 Å². The summed E-state index contributed by atoms with van der Waals surface area (Å²) in [4.78, 5) is 2.73. The van der Waals surface area contributed by atoms with Gasteiger partial charge in [-0.3, -0.25) is 0 Å². The van der Waals surface area contributed by atoms with Gasteiger partial charge in [-0.1, -0.05) is 32.0 Å². The van der Waals surface area contributed by atoms with Gasteiger partial charge >= 0.3 is 0 Å². The van der Waals surface area contributed by atoms with E-state index in [1.54, 1.807) is 11.1 Å². The van der Waals surface area contributed by atoms with Crippen molar-refractivity contribution < 1.29 is 4.74 Å². The molecule has 2 aliphatic rings. The zero-order valence-corrected chi connectivity index (χ0v) is 14.3. The molecule has 1 aliphatic heterocycles. The van der Waals surface area contributed by atoms with Crippen LogP contribution in [0.3, 0.4) is 0 Å². The van der Waals surface area contributed by atoms with Crippen LogP contribution in [0.2, 0.25) is 0 Å². The SMILES string of the molecule is CCCN(CCC)C1CCc2cccc(C3CCCO3)c2C1. The second-order valence-electron chi connectivity index (χ2n) is 6.92. The van der Waals surface area contributed by atoms with Gasteiger partial charge in [-0.15, -0.1) is 0 Å². The van der Waals surface area contributed by atoms with Gasteiger partial charge in [-0.2, -0.15) is 0 Å². The molecule has 1 saturated heterocycles. The lowest BCUT2D eigenvalue weighted by Crippen LogP contribution is -2.40. The molecule has 0 radical (unpaired) electrons. The molecule has 3 rings (SSSR count). The number of hydrogen-bond acceptors (Lipinski definition) is 2. The van der Waals surface area contributed by atoms with E-state index in [4.69, 9.17) is 4.74 Å². The summed E-state index contributed by atoms with van der Waals surface area (Å²) in [6.45, 7) is 8.04. The largest absolute Gasteiger partial charge is 0.374 e. The summed E-state index contributed by atoms with van der Waals surface area (Å²) in [5, 5.41) is 0. The monoisotopic (exact) mass is 301 g/mol. The lowest BCUT2D eigenvalue weighted by atomic mass is 9.83. The summed E-state index contributed by atoms with van der Waals surface area (Å²) < 4.78 is 5.98. The number of nitrogens with zero attached hydrogens (tertiary/aromatic N) is 1. The third-order valence-corrected chi connectivity index (χ3v) is 5.31. The van der Waals surface area contributed by atoms with E-state index in [1.165, 1.54) is 63.6 Å². The molecule has 0 N–H and O–H groups in total. The third kappa shape index (κ3) is 3.38. The number of hydrogen-bond donors (Lipinski definition) is 0. The molecule has 1 aromatic rings. The number of benzene rings is 1. The van der Waals surface area contributed by atoms with Crippen LogP contribution in [0, 0.1) is 0 Å². The maximum absolute atomic E-state index is 5.98. The third-order valence-electron chi connectivity index (χ3n) is 5.31. The zero-order chi connectivity index (χ0) is 15.4. The van der Waals surface area contributed by atoms with Crippen molar-refractivity contribution in [2.24, 2.45) is 0 Å². The van der Waals surface area contributed by atoms with Gasteiger partial charge in [0.1, 0.15) is 0 Å². The number of aryl methyl sites for hydroxylation is 1. The van der Waals surface area contributed by atoms with Gasteiger partial charge < -0.3 is 9.64 Å². The van der Waals surface area contributed by atoms with E-state index < -0.39 is 0 Å². The van der Waals surface area contributed by atoms with Crippen LogP contribution >= 0.6 is 0 Å². The molecule has 1 aliphatic carbocycles. The van der Waals surface area contributed by atoms with Gasteiger partial charge in [0.15, 0.2) is 0 Å². The minimum atomic E-state index is 0.361. The van der Waals surface area contributed by atoms with Crippen LogP contribution < -0.4 is 0 Å². The van der Waals surface area contributed by atoms with E-state index >= 15 is 0 Å². The molecule has 1 aromatic carbocycles. The molecule has 0 aromatic heterocycles. The average molecular weight is 301 g/mol. The van der Waals surface area contributed by atoms with Gasteiger partial charge in [-0.05, 0) is 74.7 Å². The first-order valence-electron chi connectivity index (χ1n) is 9.29. The first-order valence-corrected chi connectivity index (χ1v) is 9.29. The highest BCUT2D eigenvalue weighted by Crippen LogP contribution is 2.36. The van der Waals surface area contributed by atoms with Crippen molar-refractivity contribution >= 4 is 0 Å². The van der Waals surface area contributed by atoms with Crippen molar-refractivity contribution in [2.45, 2.75) is 70.9 Å². The first-order chi connectivity index (χ1) is 10.8. The fourth-order valence-electron chi connectivity index (χ4n) is 4.29. The van der Waals surface area contributed by atoms with E-state index in [0.717, 1.165) is 12.6 Å². The normalized spacial score (nSPS) is 24.7. The Balaban J connectivity index is 1.81. The molecule has 22 heavy (non-hydrogen) atoms. The van der Waals surface area contributed by atoms with Gasteiger partial charge in [0.2, 0.25) is 0 Å². The standard InChI is InChI=1S/C20H31NO/c1-3-12-21(13-4-2)17-11-10-16-7-5-8-18(19(16)15-17)20-9-6-14-22-20/h5,7-8,17,20H,3-4,6,9-15H2,1-2H3. The summed E-state index contributed by atoms with van der Waals surface area (Å²) in [7, 11) is 0. The Kier molecular flexibility index (Phi) is 5.54. The maximum atomic E-state index is 5.98. The Morgan fingerprint density at radius 1 is 1.14 bits per heavy atom. The molecule has 2 heteroatoms. The van der Waals surface area contributed by atoms with Crippen LogP contribution in [0.15, 0.2) is 18.2 Å². The quantitative estimate of drug-likeness (QED) is 0.766. The van der Waals surface area contributed by atoms with Gasteiger partial charge in [0, 0.05) is 12.6 Å². The number of ether oxygens (including phenoxy) is 1. The highest BCUT2D eigenvalue weighted by molar-refractivity contribution is 5.39. The smallest absolute Gasteiger partial charge is 0.0828 e. The molecule has 1 fully saturated rings. The zero-order valence-electron chi connectivity index (χ0n) is 14.3. The Bertz CT molecular complexity index is 473. The van der Waals surface area contributed by atoms with Crippen LogP contribution in [0.1, 0.15) is 68.7 Å². The van der Waals surface area contributed by atoms with Gasteiger partial charge in [0.05, 0.1) is 6.10 Å². The van der Waals surface area contributed by atoms with Crippen LogP contribution in [0.25, 0.3) is 0 Å². The van der Waals surface area contributed by atoms with Crippen LogP contribution in [-0.2, 0) is 17.6 Å². The highest BCUT2D eigenvalue weighted by Gasteiger charge is 2.28. The van der Waals surface area contributed by atoms with Crippen molar-refractivity contribution in [3.05, 3.63) is 34.9 Å². The Hall–Kier alpha value is -0.860. The van der Waals surface area contributed by atoms with Crippen molar-refractivity contribution in [1.82, 2.24) is 4.90 Å². The molecule has 0 amide bonds. The predicted molar refractivity (Wildman–Crippen MR) is 92.3 cm³/mol. The molecule has 2 nitrogen and oxygen atoms in total. The molecule has 122 valence electrons. The summed E-state index contributed by atoms with van der Waals surface area (Å²) >= 11 is 0. The molecule has 1 heterocycles. The number of rotatable bonds is 6. The summed E-state index contributed by atoms with van der Waals surface area (Å²) in [6, 6.07) is 7.64. The van der Waals surface area contributed by atoms with Gasteiger partial charge in [-0.25, -0.2) is 0 Å². The van der Waals surface area contributed by atoms with E-state index in [0.29, 0.717) is 6.10 Å². The van der Waals surface area contributed by atoms with Crippen LogP contribution in [0.5, 0.6) is 0 Å². The molecule has 2 atom stereocenters. The molecule has 0 bridgehead atoms. The van der Waals surface area contributed by atoms with E-state index in [9.17, 15) is 0 Å². The van der Waals surface area contributed by atoms with E-state index in [2.05, 4.69) is 36.9 Å². The first kappa shape index (κ1) is 16.0. The summed E-state index contributed by atoms with van der Waals surface area (Å²) in [6.07, 6.45) is 9.09. The minimum Gasteiger partial charge on any atom is -0.374 e. The van der Waals surface area contributed by atoms with Crippen molar-refractivity contribution in [3.8, 4) is 0 Å². The lowest BCUT2D eigenvalue weighted by Gasteiger charge is -2.36. The Morgan fingerprint density at radius 3 is 2.64 bits per heavy atom. The second kappa shape index (κ2) is 7.61. The van der Waals surface area contributed by atoms with Crippen molar-refractivity contribution in [1.29, 1.82) is 0 Å². The highest BCUT2D eigenvalue weighted by atomic mass is 16.5. The Morgan fingerprint density at radius 2 is 1.95 bits per heavy atom. The maximum Gasteiger partial charge on any atom is 0.0828 e. The fraction of sp³-hybridized carbons (Fsp3) is 0.700. The predicted octanol–water partition coefficient (Wildman–Crippen LogP) is 4.52. The molecule has 0 saturated carbocycles. The fourth-order valence-corrected chi connectivity index (χ4v) is 4.29. The topological polar surface area (TPSA) is 12.5 Å². The molecular weight excluding hydrogens is 270 g/mol. The Labute approximate surface area is 135 Å². The second-order valence-corrected chi connectivity index (χ2v) is 6.92. The number of fused-ring (bicyclic) bond motifs is 1. The molecule has 2 unspecified atom stereocenters. The summed E-state index contributed by atoms with van der Waals surface area (Å²) in [5.74, 6) is 0. The summed E-state index contributed by atoms with van der Waals surface area (Å²) in [5.41, 5.74) is 4.69. The van der Waals surface area contributed by atoms with Crippen LogP contribution in [0.4, 0.5) is 0 Å². The van der Waals surface area contributed by atoms with E-state index in [1.807, 2.05) is 0 Å². The van der Waals surface area contributed by atoms with E-state index in [-0.39, 0.29) is 0 Å². The molecular formula is C20H31NO. The molecule has 0 spiro atoms. The lowest BCUT2D eigenvalue weighted by molar-refractivity contribution is 0.110. The van der Waals surface area contributed by atoms with Crippen molar-refractivity contribution in [3.63, 3.8) is 0 Å². The minimum absolute atomic E-state index is 0.361.